The largest absolute Gasteiger partial charge is 0.417 e. The second-order valence-corrected chi connectivity index (χ2v) is 4.74. The molecule has 0 aliphatic rings. The monoisotopic (exact) mass is 235 g/mol. The first kappa shape index (κ1) is 11.9. The predicted molar refractivity (Wildman–Crippen MR) is 66.9 cm³/mol. The highest BCUT2D eigenvalue weighted by atomic mass is 16.4. The Balaban J connectivity index is 2.37. The van der Waals surface area contributed by atoms with Crippen molar-refractivity contribution in [2.75, 3.05) is 13.2 Å². The van der Waals surface area contributed by atoms with Crippen molar-refractivity contribution in [1.82, 2.24) is 10.3 Å². The predicted octanol–water partition coefficient (Wildman–Crippen LogP) is 0.904. The van der Waals surface area contributed by atoms with Gasteiger partial charge in [0.2, 0.25) is 0 Å². The van der Waals surface area contributed by atoms with E-state index in [1.54, 1.807) is 0 Å². The van der Waals surface area contributed by atoms with Crippen molar-refractivity contribution < 1.29 is 4.42 Å². The fourth-order valence-electron chi connectivity index (χ4n) is 1.85. The SMILES string of the molecule is CC(C)(CNCN)c1ccc2[nH]c(=O)oc2c1. The molecule has 0 unspecified atom stereocenters. The van der Waals surface area contributed by atoms with Crippen LogP contribution >= 0.6 is 0 Å². The van der Waals surface area contributed by atoms with Crippen LogP contribution in [0.25, 0.3) is 11.1 Å². The molecule has 1 aromatic carbocycles. The van der Waals surface area contributed by atoms with Crippen molar-refractivity contribution in [2.24, 2.45) is 5.73 Å². The molecule has 1 heterocycles. The summed E-state index contributed by atoms with van der Waals surface area (Å²) in [5.74, 6) is -0.421. The standard InChI is InChI=1S/C12H17N3O2/c1-12(2,6-14-7-13)8-3-4-9-10(5-8)17-11(16)15-9/h3-5,14H,6-7,13H2,1-2H3,(H,15,16). The lowest BCUT2D eigenvalue weighted by Crippen LogP contribution is -2.35. The number of nitrogens with one attached hydrogen (secondary N) is 2. The van der Waals surface area contributed by atoms with Crippen LogP contribution in [0, 0.1) is 0 Å². The van der Waals surface area contributed by atoms with E-state index in [2.05, 4.69) is 24.1 Å². The van der Waals surface area contributed by atoms with E-state index in [0.717, 1.165) is 17.6 Å². The van der Waals surface area contributed by atoms with Crippen LogP contribution in [0.2, 0.25) is 0 Å². The average Bonchev–Trinajstić information content (AvgIpc) is 2.65. The Morgan fingerprint density at radius 1 is 1.47 bits per heavy atom. The first-order chi connectivity index (χ1) is 8.03. The van der Waals surface area contributed by atoms with Crippen LogP contribution in [0.3, 0.4) is 0 Å². The Kier molecular flexibility index (Phi) is 3.04. The van der Waals surface area contributed by atoms with Gasteiger partial charge in [-0.3, -0.25) is 4.98 Å². The summed E-state index contributed by atoms with van der Waals surface area (Å²) in [4.78, 5) is 13.7. The van der Waals surface area contributed by atoms with Crippen LogP contribution in [0.5, 0.6) is 0 Å². The minimum atomic E-state index is -0.421. The van der Waals surface area contributed by atoms with Gasteiger partial charge < -0.3 is 15.5 Å². The highest BCUT2D eigenvalue weighted by molar-refractivity contribution is 5.73. The zero-order chi connectivity index (χ0) is 12.5. The first-order valence-electron chi connectivity index (χ1n) is 5.57. The maximum Gasteiger partial charge on any atom is 0.417 e. The molecule has 0 spiro atoms. The van der Waals surface area contributed by atoms with Crippen molar-refractivity contribution in [3.63, 3.8) is 0 Å². The first-order valence-corrected chi connectivity index (χ1v) is 5.57. The minimum absolute atomic E-state index is 0.0661. The van der Waals surface area contributed by atoms with Crippen molar-refractivity contribution in [1.29, 1.82) is 0 Å². The Hall–Kier alpha value is -1.59. The Bertz CT molecular complexity index is 568. The molecule has 0 fully saturated rings. The molecule has 92 valence electrons. The summed E-state index contributed by atoms with van der Waals surface area (Å²) < 4.78 is 5.05. The van der Waals surface area contributed by atoms with Crippen LogP contribution in [0.15, 0.2) is 27.4 Å². The second kappa shape index (κ2) is 4.35. The van der Waals surface area contributed by atoms with Crippen molar-refractivity contribution >= 4 is 11.1 Å². The molecule has 4 N–H and O–H groups in total. The minimum Gasteiger partial charge on any atom is -0.408 e. The number of aromatic nitrogens is 1. The van der Waals surface area contributed by atoms with Crippen LogP contribution < -0.4 is 16.8 Å². The lowest BCUT2D eigenvalue weighted by molar-refractivity contribution is 0.473. The molecule has 1 aromatic heterocycles. The van der Waals surface area contributed by atoms with Gasteiger partial charge in [0.1, 0.15) is 0 Å². The van der Waals surface area contributed by atoms with E-state index in [1.165, 1.54) is 0 Å². The molecule has 0 aliphatic heterocycles. The molecular weight excluding hydrogens is 218 g/mol. The van der Waals surface area contributed by atoms with E-state index >= 15 is 0 Å². The van der Waals surface area contributed by atoms with Gasteiger partial charge >= 0.3 is 5.76 Å². The summed E-state index contributed by atoms with van der Waals surface area (Å²) in [6.45, 7) is 5.44. The number of oxazole rings is 1. The molecule has 0 amide bonds. The number of fused-ring (bicyclic) bond motifs is 1. The smallest absolute Gasteiger partial charge is 0.408 e. The number of hydrogen-bond donors (Lipinski definition) is 3. The summed E-state index contributed by atoms with van der Waals surface area (Å²) in [5, 5.41) is 3.12. The van der Waals surface area contributed by atoms with Crippen molar-refractivity contribution in [3.8, 4) is 0 Å². The molecule has 0 aliphatic carbocycles. The van der Waals surface area contributed by atoms with Gasteiger partial charge in [-0.15, -0.1) is 0 Å². The van der Waals surface area contributed by atoms with Gasteiger partial charge in [0.15, 0.2) is 5.58 Å². The highest BCUT2D eigenvalue weighted by Gasteiger charge is 2.20. The van der Waals surface area contributed by atoms with E-state index in [1.807, 2.05) is 18.2 Å². The Labute approximate surface area is 99.0 Å². The summed E-state index contributed by atoms with van der Waals surface area (Å²) in [6.07, 6.45) is 0. The average molecular weight is 235 g/mol. The van der Waals surface area contributed by atoms with Gasteiger partial charge in [-0.25, -0.2) is 4.79 Å². The summed E-state index contributed by atoms with van der Waals surface area (Å²) in [6, 6.07) is 5.75. The van der Waals surface area contributed by atoms with Gasteiger partial charge in [0, 0.05) is 18.6 Å². The van der Waals surface area contributed by atoms with Crippen LogP contribution in [-0.2, 0) is 5.41 Å². The fourth-order valence-corrected chi connectivity index (χ4v) is 1.85. The molecule has 2 aromatic rings. The topological polar surface area (TPSA) is 84.0 Å². The fraction of sp³-hybridized carbons (Fsp3) is 0.417. The number of rotatable bonds is 4. The molecule has 0 bridgehead atoms. The number of benzene rings is 1. The van der Waals surface area contributed by atoms with Crippen molar-refractivity contribution in [3.05, 3.63) is 34.3 Å². The van der Waals surface area contributed by atoms with Gasteiger partial charge in [-0.1, -0.05) is 19.9 Å². The van der Waals surface area contributed by atoms with Gasteiger partial charge in [-0.05, 0) is 17.7 Å². The molecule has 0 atom stereocenters. The zero-order valence-electron chi connectivity index (χ0n) is 10.0. The third-order valence-electron chi connectivity index (χ3n) is 2.91. The van der Waals surface area contributed by atoms with Crippen LogP contribution in [0.4, 0.5) is 0 Å². The molecule has 0 saturated heterocycles. The lowest BCUT2D eigenvalue weighted by atomic mass is 9.84. The number of hydrogen-bond acceptors (Lipinski definition) is 4. The van der Waals surface area contributed by atoms with Crippen LogP contribution in [0.1, 0.15) is 19.4 Å². The number of nitrogens with two attached hydrogens (primary N) is 1. The van der Waals surface area contributed by atoms with Gasteiger partial charge in [0.05, 0.1) is 5.52 Å². The van der Waals surface area contributed by atoms with E-state index in [-0.39, 0.29) is 5.41 Å². The zero-order valence-corrected chi connectivity index (χ0v) is 10.0. The molecule has 0 radical (unpaired) electrons. The van der Waals surface area contributed by atoms with Crippen LogP contribution in [-0.4, -0.2) is 18.2 Å². The van der Waals surface area contributed by atoms with E-state index < -0.39 is 5.76 Å². The normalized spacial score (nSPS) is 12.2. The lowest BCUT2D eigenvalue weighted by Gasteiger charge is -2.25. The number of aromatic amines is 1. The molecule has 2 rings (SSSR count). The Morgan fingerprint density at radius 3 is 2.94 bits per heavy atom. The Morgan fingerprint density at radius 2 is 2.24 bits per heavy atom. The highest BCUT2D eigenvalue weighted by Crippen LogP contribution is 2.25. The van der Waals surface area contributed by atoms with E-state index in [4.69, 9.17) is 10.2 Å². The second-order valence-electron chi connectivity index (χ2n) is 4.74. The third kappa shape index (κ3) is 2.40. The maximum atomic E-state index is 11.1. The van der Waals surface area contributed by atoms with Gasteiger partial charge in [-0.2, -0.15) is 0 Å². The molecular formula is C12H17N3O2. The number of H-pyrrole nitrogens is 1. The quantitative estimate of drug-likeness (QED) is 0.688. The van der Waals surface area contributed by atoms with E-state index in [0.29, 0.717) is 12.3 Å². The summed E-state index contributed by atoms with van der Waals surface area (Å²) >= 11 is 0. The van der Waals surface area contributed by atoms with Gasteiger partial charge in [0.25, 0.3) is 0 Å². The molecule has 17 heavy (non-hydrogen) atoms. The molecule has 0 saturated carbocycles. The molecule has 5 nitrogen and oxygen atoms in total. The summed E-state index contributed by atoms with van der Waals surface area (Å²) in [5.41, 5.74) is 7.79. The maximum absolute atomic E-state index is 11.1. The van der Waals surface area contributed by atoms with Crippen molar-refractivity contribution in [2.45, 2.75) is 19.3 Å². The van der Waals surface area contributed by atoms with E-state index in [9.17, 15) is 4.79 Å². The molecule has 5 heteroatoms. The third-order valence-corrected chi connectivity index (χ3v) is 2.91. The summed E-state index contributed by atoms with van der Waals surface area (Å²) in [7, 11) is 0.